The molecule has 4 nitrogen and oxygen atoms in total. The van der Waals surface area contributed by atoms with Gasteiger partial charge in [0.2, 0.25) is 0 Å². The predicted octanol–water partition coefficient (Wildman–Crippen LogP) is 1.75. The van der Waals surface area contributed by atoms with Crippen molar-refractivity contribution in [2.75, 3.05) is 0 Å². The van der Waals surface area contributed by atoms with E-state index in [0.29, 0.717) is 0 Å². The second kappa shape index (κ2) is 2.77. The Morgan fingerprint density at radius 2 is 2.17 bits per heavy atom. The van der Waals surface area contributed by atoms with Crippen molar-refractivity contribution < 1.29 is 14.4 Å². The minimum atomic E-state index is -0.776. The first-order valence-electron chi connectivity index (χ1n) is 3.16. The van der Waals surface area contributed by atoms with Gasteiger partial charge in [-0.2, -0.15) is 0 Å². The van der Waals surface area contributed by atoms with Crippen LogP contribution in [0.3, 0.4) is 0 Å². The fraction of sp³-hybridized carbons (Fsp3) is 0.143. The van der Waals surface area contributed by atoms with Gasteiger partial charge in [-0.05, 0) is 6.92 Å². The topological polar surface area (TPSA) is 63.4 Å². The average Bonchev–Trinajstić information content (AvgIpc) is 1.96. The first-order chi connectivity index (χ1) is 5.52. The maximum Gasteiger partial charge on any atom is 0.278 e. The van der Waals surface area contributed by atoms with E-state index in [-0.39, 0.29) is 5.56 Å². The molecule has 0 unspecified atom stereocenters. The van der Waals surface area contributed by atoms with Crippen LogP contribution in [0.1, 0.15) is 5.56 Å². The summed E-state index contributed by atoms with van der Waals surface area (Å²) in [6, 6.07) is 1.75. The fourth-order valence-corrected chi connectivity index (χ4v) is 0.840. The second-order valence-corrected chi connectivity index (χ2v) is 2.33. The van der Waals surface area contributed by atoms with Crippen LogP contribution in [0.25, 0.3) is 0 Å². The fourth-order valence-electron chi connectivity index (χ4n) is 0.840. The molecule has 0 fully saturated rings. The molecule has 0 saturated heterocycles. The molecule has 1 aromatic carbocycles. The number of halogens is 1. The molecule has 0 heterocycles. The highest BCUT2D eigenvalue weighted by atomic mass is 19.1. The maximum atomic E-state index is 12.7. The summed E-state index contributed by atoms with van der Waals surface area (Å²) in [6.07, 6.45) is 0. The number of nitro benzene ring substituents is 1. The summed E-state index contributed by atoms with van der Waals surface area (Å²) in [5.74, 6) is -1.22. The first kappa shape index (κ1) is 8.45. The molecule has 64 valence electrons. The van der Waals surface area contributed by atoms with E-state index in [1.165, 1.54) is 6.92 Å². The zero-order chi connectivity index (χ0) is 9.30. The van der Waals surface area contributed by atoms with Gasteiger partial charge in [-0.25, -0.2) is 4.39 Å². The van der Waals surface area contributed by atoms with E-state index in [1.54, 1.807) is 0 Å². The Morgan fingerprint density at radius 3 is 2.67 bits per heavy atom. The number of rotatable bonds is 1. The number of benzene rings is 1. The highest BCUT2D eigenvalue weighted by Crippen LogP contribution is 2.25. The van der Waals surface area contributed by atoms with Gasteiger partial charge in [-0.3, -0.25) is 10.1 Å². The summed E-state index contributed by atoms with van der Waals surface area (Å²) in [6.45, 7) is 1.28. The van der Waals surface area contributed by atoms with E-state index in [2.05, 4.69) is 0 Å². The summed E-state index contributed by atoms with van der Waals surface area (Å²) in [7, 11) is 0. The number of nitro groups is 1. The highest BCUT2D eigenvalue weighted by molar-refractivity contribution is 5.45. The largest absolute Gasteiger partial charge is 0.508 e. The van der Waals surface area contributed by atoms with Gasteiger partial charge in [0.05, 0.1) is 16.6 Å². The molecule has 1 aromatic rings. The van der Waals surface area contributed by atoms with Crippen LogP contribution in [0.4, 0.5) is 10.1 Å². The third kappa shape index (κ3) is 1.34. The number of aromatic hydroxyl groups is 1. The number of phenols is 1. The van der Waals surface area contributed by atoms with Gasteiger partial charge in [0.25, 0.3) is 5.69 Å². The molecular formula is C7H6FNO3. The normalized spacial score (nSPS) is 9.83. The van der Waals surface area contributed by atoms with E-state index >= 15 is 0 Å². The van der Waals surface area contributed by atoms with Gasteiger partial charge < -0.3 is 5.11 Å². The Morgan fingerprint density at radius 1 is 1.58 bits per heavy atom. The van der Waals surface area contributed by atoms with E-state index in [4.69, 9.17) is 5.11 Å². The van der Waals surface area contributed by atoms with Gasteiger partial charge >= 0.3 is 0 Å². The second-order valence-electron chi connectivity index (χ2n) is 2.33. The molecule has 0 aliphatic rings. The van der Waals surface area contributed by atoms with Gasteiger partial charge in [0, 0.05) is 6.07 Å². The van der Waals surface area contributed by atoms with Crippen LogP contribution < -0.4 is 0 Å². The first-order valence-corrected chi connectivity index (χ1v) is 3.16. The van der Waals surface area contributed by atoms with Crippen molar-refractivity contribution >= 4 is 5.69 Å². The van der Waals surface area contributed by atoms with E-state index in [9.17, 15) is 14.5 Å². The van der Waals surface area contributed by atoms with Crippen molar-refractivity contribution in [3.05, 3.63) is 33.6 Å². The SMILES string of the molecule is Cc1c(F)cc(O)cc1[N+](=O)[O-]. The Kier molecular flexibility index (Phi) is 1.95. The Labute approximate surface area is 67.4 Å². The third-order valence-electron chi connectivity index (χ3n) is 1.50. The third-order valence-corrected chi connectivity index (χ3v) is 1.50. The lowest BCUT2D eigenvalue weighted by Crippen LogP contribution is -1.93. The van der Waals surface area contributed by atoms with Gasteiger partial charge in [0.1, 0.15) is 11.6 Å². The molecule has 0 aliphatic carbocycles. The van der Waals surface area contributed by atoms with Gasteiger partial charge in [-0.1, -0.05) is 0 Å². The smallest absolute Gasteiger partial charge is 0.278 e. The van der Waals surface area contributed by atoms with Crippen molar-refractivity contribution in [2.45, 2.75) is 6.92 Å². The van der Waals surface area contributed by atoms with Crippen molar-refractivity contribution in [3.8, 4) is 5.75 Å². The molecule has 5 heteroatoms. The molecule has 0 bridgehead atoms. The summed E-state index contributed by atoms with van der Waals surface area (Å²) in [4.78, 5) is 9.52. The highest BCUT2D eigenvalue weighted by Gasteiger charge is 2.15. The van der Waals surface area contributed by atoms with E-state index in [1.807, 2.05) is 0 Å². The molecule has 0 aromatic heterocycles. The van der Waals surface area contributed by atoms with Crippen LogP contribution in [-0.4, -0.2) is 10.0 Å². The maximum absolute atomic E-state index is 12.7. The van der Waals surface area contributed by atoms with Crippen molar-refractivity contribution in [3.63, 3.8) is 0 Å². The Hall–Kier alpha value is -1.65. The number of hydrogen-bond acceptors (Lipinski definition) is 3. The number of hydrogen-bond donors (Lipinski definition) is 1. The Balaban J connectivity index is 3.37. The van der Waals surface area contributed by atoms with Crippen molar-refractivity contribution in [1.82, 2.24) is 0 Å². The van der Waals surface area contributed by atoms with Crippen molar-refractivity contribution in [1.29, 1.82) is 0 Å². The van der Waals surface area contributed by atoms with Crippen LogP contribution in [0, 0.1) is 22.9 Å². The van der Waals surface area contributed by atoms with E-state index in [0.717, 1.165) is 12.1 Å². The van der Waals surface area contributed by atoms with Crippen LogP contribution >= 0.6 is 0 Å². The lowest BCUT2D eigenvalue weighted by Gasteiger charge is -1.98. The minimum absolute atomic E-state index is 0.0715. The van der Waals surface area contributed by atoms with Crippen LogP contribution in [0.15, 0.2) is 12.1 Å². The average molecular weight is 171 g/mol. The van der Waals surface area contributed by atoms with Crippen LogP contribution in [0.2, 0.25) is 0 Å². The molecule has 0 atom stereocenters. The quantitative estimate of drug-likeness (QED) is 0.517. The molecule has 1 rings (SSSR count). The monoisotopic (exact) mass is 171 g/mol. The molecular weight excluding hydrogens is 165 g/mol. The summed E-state index contributed by atoms with van der Waals surface area (Å²) < 4.78 is 12.7. The number of phenolic OH excluding ortho intramolecular Hbond substituents is 1. The summed E-state index contributed by atoms with van der Waals surface area (Å²) in [5.41, 5.74) is -0.481. The zero-order valence-electron chi connectivity index (χ0n) is 6.24. The lowest BCUT2D eigenvalue weighted by atomic mass is 10.2. The number of nitrogens with zero attached hydrogens (tertiary/aromatic N) is 1. The zero-order valence-corrected chi connectivity index (χ0v) is 6.24. The molecule has 0 radical (unpaired) electrons. The minimum Gasteiger partial charge on any atom is -0.508 e. The summed E-state index contributed by atoms with van der Waals surface area (Å²) >= 11 is 0. The molecule has 0 aliphatic heterocycles. The van der Waals surface area contributed by atoms with E-state index < -0.39 is 22.2 Å². The summed E-state index contributed by atoms with van der Waals surface area (Å²) in [5, 5.41) is 19.1. The predicted molar refractivity (Wildman–Crippen MR) is 39.5 cm³/mol. The van der Waals surface area contributed by atoms with Gasteiger partial charge in [-0.15, -0.1) is 0 Å². The van der Waals surface area contributed by atoms with Gasteiger partial charge in [0.15, 0.2) is 0 Å². The molecule has 0 saturated carbocycles. The van der Waals surface area contributed by atoms with Crippen LogP contribution in [0.5, 0.6) is 5.75 Å². The molecule has 0 spiro atoms. The van der Waals surface area contributed by atoms with Crippen molar-refractivity contribution in [2.24, 2.45) is 0 Å². The van der Waals surface area contributed by atoms with Crippen LogP contribution in [-0.2, 0) is 0 Å². The molecule has 1 N–H and O–H groups in total. The Bertz CT molecular complexity index is 338. The standard InChI is InChI=1S/C7H6FNO3/c1-4-6(8)2-5(10)3-7(4)9(11)12/h2-3,10H,1H3. The molecule has 12 heavy (non-hydrogen) atoms. The molecule has 0 amide bonds. The lowest BCUT2D eigenvalue weighted by molar-refractivity contribution is -0.385.